The first-order valence-electron chi connectivity index (χ1n) is 49.9. The minimum Gasteiger partial charge on any atom is -0.481 e. The summed E-state index contributed by atoms with van der Waals surface area (Å²) in [4.78, 5) is 104. The highest BCUT2D eigenvalue weighted by molar-refractivity contribution is 5.83. The zero-order valence-electron chi connectivity index (χ0n) is 92.2. The van der Waals surface area contributed by atoms with Crippen LogP contribution in [0.5, 0.6) is 0 Å². The molecule has 4 saturated carbocycles. The minimum absolute atomic E-state index is 0.0239. The van der Waals surface area contributed by atoms with E-state index in [2.05, 4.69) is 51.0 Å². The molecule has 0 aromatic carbocycles. The number of carbonyl (C=O) groups is 9. The molecule has 0 spiro atoms. The molecule has 0 radical (unpaired) electrons. The van der Waals surface area contributed by atoms with E-state index in [1.165, 1.54) is 53.4 Å². The molecule has 5 rings (SSSR count). The highest BCUT2D eigenvalue weighted by Crippen LogP contribution is 2.59. The number of esters is 8. The molecule has 5 fully saturated rings. The molecule has 1 aliphatic heterocycles. The van der Waals surface area contributed by atoms with Gasteiger partial charge in [0, 0.05) is 30.1 Å². The van der Waals surface area contributed by atoms with Gasteiger partial charge in [-0.3, -0.25) is 38.4 Å². The van der Waals surface area contributed by atoms with Crippen molar-refractivity contribution in [1.29, 1.82) is 0 Å². The van der Waals surface area contributed by atoms with Crippen LogP contribution in [0, 0.1) is 89.7 Å². The average molecular weight is 2200 g/mol. The van der Waals surface area contributed by atoms with Gasteiger partial charge in [-0.15, -0.1) is 0 Å². The lowest BCUT2D eigenvalue weighted by molar-refractivity contribution is -0.392. The van der Waals surface area contributed by atoms with Crippen molar-refractivity contribution in [1.82, 2.24) is 0 Å². The quantitative estimate of drug-likeness (QED) is 0.0290. The van der Waals surface area contributed by atoms with Crippen molar-refractivity contribution in [3.8, 4) is 0 Å². The van der Waals surface area contributed by atoms with Gasteiger partial charge in [0.1, 0.15) is 24.4 Å². The molecule has 46 heteroatoms. The molecule has 1 heterocycles. The van der Waals surface area contributed by atoms with Crippen molar-refractivity contribution in [2.24, 2.45) is 89.7 Å². The average Bonchev–Trinajstić information content (AvgIpc) is 0.828. The van der Waals surface area contributed by atoms with Gasteiger partial charge in [0.15, 0.2) is 23.4 Å². The molecule has 5 N–H and O–H groups in total. The van der Waals surface area contributed by atoms with Crippen LogP contribution in [-0.4, -0.2) is 200 Å². The van der Waals surface area contributed by atoms with Crippen molar-refractivity contribution in [3.63, 3.8) is 0 Å². The summed E-state index contributed by atoms with van der Waals surface area (Å²) >= 11 is 0. The third kappa shape index (κ3) is 42.9. The highest BCUT2D eigenvalue weighted by Gasteiger charge is 2.77. The zero-order chi connectivity index (χ0) is 118. The van der Waals surface area contributed by atoms with Gasteiger partial charge in [-0.05, 0) is 302 Å². The van der Waals surface area contributed by atoms with E-state index in [-0.39, 0.29) is 67.6 Å². The van der Waals surface area contributed by atoms with E-state index in [9.17, 15) is 169 Å². The summed E-state index contributed by atoms with van der Waals surface area (Å²) in [7, 11) is 0. The minimum atomic E-state index is -6.28. The van der Waals surface area contributed by atoms with Gasteiger partial charge in [-0.1, -0.05) is 96.9 Å². The SMILES string of the molecule is CCC(C)(C)C(=O)O.CCC(C)(C)C(=O)OC(C)C(F)(F)F.CCC(C)(C)C(=O)OC(C)C(F)(F)F.CCC(C)(C)C(=O)OC1CC(C(C)(O)C(F)(F)F)CC(C(O)(C(F)(F)F)C(F)(F)F)C1.CCC(C)(C)C(=O)OC1CC(C(C)(O)C(F)(F)F)CC(C(O)(C(F)(F)F)C(F)(F)F)C1.CCC(C)(C)C(=O)OC1CCC(C(C)(C)C)CC1.CCC(C)(C)C(=O)OC1CCC(C(C)(C)C)CC1.CCC(C)(C)C(=O)OC1CCOC1=O. The summed E-state index contributed by atoms with van der Waals surface area (Å²) in [6, 6.07) is 0. The molecule has 5 aliphatic rings. The lowest BCUT2D eigenvalue weighted by Gasteiger charge is -2.47. The van der Waals surface area contributed by atoms with Crippen LogP contribution >= 0.6 is 0 Å². The predicted molar refractivity (Wildman–Crippen MR) is 500 cm³/mol. The fraction of sp³-hybridized carbons (Fsp3) is 0.912. The monoisotopic (exact) mass is 2200 g/mol. The summed E-state index contributed by atoms with van der Waals surface area (Å²) in [5.74, 6) is -13.8. The van der Waals surface area contributed by atoms with Gasteiger partial charge in [0.05, 0.1) is 49.9 Å². The fourth-order valence-electron chi connectivity index (χ4n) is 14.2. The van der Waals surface area contributed by atoms with Crippen molar-refractivity contribution in [2.45, 2.75) is 498 Å². The molecular formula is C102H168F24O22. The molecule has 11 unspecified atom stereocenters. The number of cyclic esters (lactones) is 1. The van der Waals surface area contributed by atoms with Crippen LogP contribution in [0.4, 0.5) is 105 Å². The second-order valence-electron chi connectivity index (χ2n) is 46.8. The maximum atomic E-state index is 13.3. The van der Waals surface area contributed by atoms with Gasteiger partial charge < -0.3 is 63.4 Å². The summed E-state index contributed by atoms with van der Waals surface area (Å²) < 4.78 is 351. The molecule has 11 atom stereocenters. The zero-order valence-corrected chi connectivity index (χ0v) is 92.2. The normalized spacial score (nSPS) is 22.9. The maximum absolute atomic E-state index is 13.3. The third-order valence-electron chi connectivity index (χ3n) is 30.0. The van der Waals surface area contributed by atoms with Crippen molar-refractivity contribution in [2.75, 3.05) is 6.61 Å². The van der Waals surface area contributed by atoms with E-state index in [1.807, 2.05) is 55.4 Å². The van der Waals surface area contributed by atoms with E-state index < -0.39 is 233 Å². The van der Waals surface area contributed by atoms with Crippen molar-refractivity contribution in [3.05, 3.63) is 0 Å². The molecule has 0 amide bonds. The van der Waals surface area contributed by atoms with Crippen molar-refractivity contribution >= 4 is 53.7 Å². The number of carboxylic acids is 1. The Hall–Kier alpha value is -6.61. The standard InChI is InChI=1S/2C18H25F9O4.2C16H30O2.C10H16O4.2C9H15F3O2.C6H12O2/c2*1-5-13(2,3)12(28)31-11-7-9(14(4,29)16(19,20)21)6-10(8-11)15(30,17(22,23)24)18(25,26)27;2*1-7-16(5,6)14(17)18-13-10-8-12(9-11-13)15(2,3)4;1-4-10(2,3)9(12)14-7-5-6-13-8(7)11;2*1-5-8(3,4)7(13)14-6(2)9(10,11)12;1-4-6(2,3)5(7)8/h2*9-11,29-30H,5-8H2,1-4H3;2*12-13H,7-11H2,1-6H3;7H,4-6H2,1-3H3;2*6H,5H2,1-4H3;4H2,1-3H3,(H,7,8). The van der Waals surface area contributed by atoms with Gasteiger partial charge in [-0.2, -0.15) is 105 Å². The number of aliphatic hydroxyl groups is 4. The van der Waals surface area contributed by atoms with Gasteiger partial charge in [0.25, 0.3) is 11.2 Å². The molecule has 1 saturated heterocycles. The number of ether oxygens (including phenoxy) is 8. The molecule has 22 nitrogen and oxygen atoms in total. The van der Waals surface area contributed by atoms with Gasteiger partial charge >= 0.3 is 103 Å². The Morgan fingerprint density at radius 1 is 0.277 bits per heavy atom. The number of carboxylic acid groups (broad SMARTS) is 1. The number of carbonyl (C=O) groups excluding carboxylic acids is 8. The van der Waals surface area contributed by atoms with Crippen LogP contribution in [0.1, 0.15) is 383 Å². The number of hydrogen-bond donors (Lipinski definition) is 5. The summed E-state index contributed by atoms with van der Waals surface area (Å²) in [6.45, 7) is 57.3. The summed E-state index contributed by atoms with van der Waals surface area (Å²) in [5, 5.41) is 47.7. The first kappa shape index (κ1) is 146. The van der Waals surface area contributed by atoms with E-state index in [1.54, 1.807) is 83.1 Å². The molecular weight excluding hydrogens is 2030 g/mol. The van der Waals surface area contributed by atoms with Crippen LogP contribution in [0.15, 0.2) is 0 Å². The van der Waals surface area contributed by atoms with Crippen molar-refractivity contribution < 1.29 is 212 Å². The summed E-state index contributed by atoms with van der Waals surface area (Å²) in [6.07, 6.45) is -46.3. The second kappa shape index (κ2) is 54.7. The van der Waals surface area contributed by atoms with Gasteiger partial charge in [-0.25, -0.2) is 4.79 Å². The summed E-state index contributed by atoms with van der Waals surface area (Å²) in [5.41, 5.74) is -23.2. The molecule has 0 bridgehead atoms. The molecule has 4 aliphatic carbocycles. The van der Waals surface area contributed by atoms with E-state index in [0.717, 1.165) is 64.2 Å². The highest BCUT2D eigenvalue weighted by atomic mass is 19.4. The Labute approximate surface area is 856 Å². The smallest absolute Gasteiger partial charge is 0.426 e. The molecule has 148 heavy (non-hydrogen) atoms. The van der Waals surface area contributed by atoms with E-state index in [4.69, 9.17) is 33.5 Å². The lowest BCUT2D eigenvalue weighted by atomic mass is 9.66. The fourth-order valence-corrected chi connectivity index (χ4v) is 14.2. The Bertz CT molecular complexity index is 3860. The largest absolute Gasteiger partial charge is 0.481 e. The van der Waals surface area contributed by atoms with Crippen LogP contribution in [0.25, 0.3) is 0 Å². The number of alkyl halides is 24. The van der Waals surface area contributed by atoms with Crippen LogP contribution < -0.4 is 0 Å². The Balaban J connectivity index is -0.00000168. The van der Waals surface area contributed by atoms with Gasteiger partial charge in [0.2, 0.25) is 6.10 Å². The van der Waals surface area contributed by atoms with E-state index >= 15 is 0 Å². The number of aliphatic carboxylic acids is 1. The number of rotatable bonds is 27. The van der Waals surface area contributed by atoms with Crippen LogP contribution in [0.3, 0.4) is 0 Å². The third-order valence-corrected chi connectivity index (χ3v) is 30.0. The molecule has 0 aromatic heterocycles. The Morgan fingerprint density at radius 2 is 0.480 bits per heavy atom. The maximum Gasteiger partial charge on any atom is 0.426 e. The Kier molecular flexibility index (Phi) is 53.7. The van der Waals surface area contributed by atoms with Crippen LogP contribution in [-0.2, 0) is 81.0 Å². The number of hydrogen-bond acceptors (Lipinski definition) is 21. The first-order valence-corrected chi connectivity index (χ1v) is 49.9. The first-order chi connectivity index (χ1) is 65.6. The Morgan fingerprint density at radius 3 is 0.649 bits per heavy atom. The van der Waals surface area contributed by atoms with Crippen LogP contribution in [0.2, 0.25) is 0 Å². The predicted octanol–water partition coefficient (Wildman–Crippen LogP) is 27.6. The molecule has 876 valence electrons. The van der Waals surface area contributed by atoms with E-state index in [0.29, 0.717) is 49.5 Å². The lowest BCUT2D eigenvalue weighted by Crippen LogP contribution is -2.64. The number of halogens is 24. The second-order valence-corrected chi connectivity index (χ2v) is 46.8. The molecule has 0 aromatic rings. The topological polar surface area (TPSA) is 329 Å².